The van der Waals surface area contributed by atoms with Gasteiger partial charge in [-0.3, -0.25) is 4.79 Å². The van der Waals surface area contributed by atoms with Crippen LogP contribution in [0.15, 0.2) is 46.3 Å². The summed E-state index contributed by atoms with van der Waals surface area (Å²) < 4.78 is 0.973. The highest BCUT2D eigenvalue weighted by Crippen LogP contribution is 2.22. The van der Waals surface area contributed by atoms with Crippen molar-refractivity contribution < 1.29 is 4.79 Å². The molecule has 1 aromatic carbocycles. The Morgan fingerprint density at radius 1 is 1.33 bits per heavy atom. The number of nitrogens with two attached hydrogens (primary N) is 1. The molecule has 3 nitrogen and oxygen atoms in total. The molecule has 21 heavy (non-hydrogen) atoms. The first-order chi connectivity index (χ1) is 9.91. The molecule has 0 saturated heterocycles. The largest absolute Gasteiger partial charge is 0.344 e. The van der Waals surface area contributed by atoms with Crippen molar-refractivity contribution in [3.63, 3.8) is 0 Å². The molecule has 1 aromatic heterocycles. The normalized spacial score (nSPS) is 13.7. The molecule has 2 N–H and O–H groups in total. The number of amides is 1. The van der Waals surface area contributed by atoms with Crippen LogP contribution in [0.2, 0.25) is 0 Å². The smallest absolute Gasteiger partial charge is 0.246 e. The highest BCUT2D eigenvalue weighted by atomic mass is 79.9. The van der Waals surface area contributed by atoms with Gasteiger partial charge in [0.15, 0.2) is 0 Å². The van der Waals surface area contributed by atoms with Crippen LogP contribution in [-0.2, 0) is 16.8 Å². The van der Waals surface area contributed by atoms with Gasteiger partial charge in [0.1, 0.15) is 5.54 Å². The highest BCUT2D eigenvalue weighted by molar-refractivity contribution is 9.10. The van der Waals surface area contributed by atoms with Gasteiger partial charge in [-0.25, -0.2) is 0 Å². The van der Waals surface area contributed by atoms with E-state index in [9.17, 15) is 4.79 Å². The zero-order valence-corrected chi connectivity index (χ0v) is 14.6. The fourth-order valence-corrected chi connectivity index (χ4v) is 3.11. The SMILES string of the molecule is CN(CCc1cccs1)C(=O)C(C)(N)c1ccc(Br)cc1. The second-order valence-electron chi connectivity index (χ2n) is 5.27. The number of hydrogen-bond acceptors (Lipinski definition) is 3. The molecule has 0 aliphatic rings. The first-order valence-corrected chi connectivity index (χ1v) is 8.41. The molecule has 1 atom stereocenters. The van der Waals surface area contributed by atoms with Gasteiger partial charge in [0.25, 0.3) is 0 Å². The van der Waals surface area contributed by atoms with Crippen LogP contribution >= 0.6 is 27.3 Å². The zero-order chi connectivity index (χ0) is 15.5. The fraction of sp³-hybridized carbons (Fsp3) is 0.312. The number of thiophene rings is 1. The second-order valence-corrected chi connectivity index (χ2v) is 7.21. The molecule has 112 valence electrons. The van der Waals surface area contributed by atoms with Gasteiger partial charge in [-0.2, -0.15) is 0 Å². The molecule has 0 aliphatic carbocycles. The standard InChI is InChI=1S/C16H19BrN2OS/c1-16(18,12-5-7-13(17)8-6-12)15(20)19(2)10-9-14-4-3-11-21-14/h3-8,11H,9-10,18H2,1-2H3. The summed E-state index contributed by atoms with van der Waals surface area (Å²) in [4.78, 5) is 15.6. The Morgan fingerprint density at radius 3 is 2.57 bits per heavy atom. The number of carbonyl (C=O) groups excluding carboxylic acids is 1. The van der Waals surface area contributed by atoms with E-state index in [0.29, 0.717) is 6.54 Å². The Hall–Kier alpha value is -1.17. The number of rotatable bonds is 5. The molecule has 0 spiro atoms. The van der Waals surface area contributed by atoms with Gasteiger partial charge in [0, 0.05) is 22.9 Å². The third kappa shape index (κ3) is 3.93. The Balaban J connectivity index is 2.04. The lowest BCUT2D eigenvalue weighted by molar-refractivity contribution is -0.135. The summed E-state index contributed by atoms with van der Waals surface area (Å²) in [6.45, 7) is 2.43. The van der Waals surface area contributed by atoms with E-state index in [-0.39, 0.29) is 5.91 Å². The third-order valence-electron chi connectivity index (χ3n) is 3.51. The first kappa shape index (κ1) is 16.2. The molecule has 0 fully saturated rings. The molecule has 5 heteroatoms. The Bertz CT molecular complexity index is 593. The van der Waals surface area contributed by atoms with Crippen molar-refractivity contribution in [1.29, 1.82) is 0 Å². The Labute approximate surface area is 137 Å². The van der Waals surface area contributed by atoms with E-state index in [2.05, 4.69) is 22.0 Å². The average Bonchev–Trinajstić information content (AvgIpc) is 2.97. The molecule has 0 radical (unpaired) electrons. The zero-order valence-electron chi connectivity index (χ0n) is 12.2. The van der Waals surface area contributed by atoms with Crippen LogP contribution in [0.4, 0.5) is 0 Å². The lowest BCUT2D eigenvalue weighted by atomic mass is 9.91. The van der Waals surface area contributed by atoms with Crippen LogP contribution in [0.1, 0.15) is 17.4 Å². The number of hydrogen-bond donors (Lipinski definition) is 1. The van der Waals surface area contributed by atoms with Gasteiger partial charge in [0.2, 0.25) is 5.91 Å². The molecule has 0 bridgehead atoms. The molecule has 1 heterocycles. The van der Waals surface area contributed by atoms with Gasteiger partial charge in [-0.15, -0.1) is 11.3 Å². The minimum Gasteiger partial charge on any atom is -0.344 e. The molecule has 0 aliphatic heterocycles. The summed E-state index contributed by atoms with van der Waals surface area (Å²) in [5.74, 6) is -0.0682. The summed E-state index contributed by atoms with van der Waals surface area (Å²) in [5.41, 5.74) is 6.09. The molecule has 0 saturated carbocycles. The maximum absolute atomic E-state index is 12.6. The molecule has 2 rings (SSSR count). The lowest BCUT2D eigenvalue weighted by Crippen LogP contribution is -2.50. The topological polar surface area (TPSA) is 46.3 Å². The van der Waals surface area contributed by atoms with Crippen molar-refractivity contribution in [1.82, 2.24) is 4.90 Å². The predicted octanol–water partition coefficient (Wildman–Crippen LogP) is 3.39. The van der Waals surface area contributed by atoms with Crippen molar-refractivity contribution in [2.24, 2.45) is 5.73 Å². The van der Waals surface area contributed by atoms with Crippen LogP contribution in [0.5, 0.6) is 0 Å². The van der Waals surface area contributed by atoms with E-state index in [0.717, 1.165) is 16.5 Å². The fourth-order valence-electron chi connectivity index (χ4n) is 2.15. The Kier molecular flexibility index (Phi) is 5.19. The van der Waals surface area contributed by atoms with Crippen molar-refractivity contribution in [2.45, 2.75) is 18.9 Å². The van der Waals surface area contributed by atoms with Crippen molar-refractivity contribution in [2.75, 3.05) is 13.6 Å². The van der Waals surface area contributed by atoms with Gasteiger partial charge in [0.05, 0.1) is 0 Å². The summed E-state index contributed by atoms with van der Waals surface area (Å²) in [6, 6.07) is 11.7. The molecule has 1 amide bonds. The van der Waals surface area contributed by atoms with Crippen molar-refractivity contribution in [3.05, 3.63) is 56.7 Å². The van der Waals surface area contributed by atoms with Crippen LogP contribution < -0.4 is 5.73 Å². The van der Waals surface area contributed by atoms with E-state index in [1.165, 1.54) is 4.88 Å². The summed E-state index contributed by atoms with van der Waals surface area (Å²) >= 11 is 5.10. The van der Waals surface area contributed by atoms with E-state index in [1.807, 2.05) is 35.7 Å². The van der Waals surface area contributed by atoms with Crippen LogP contribution in [0.3, 0.4) is 0 Å². The number of nitrogens with zero attached hydrogens (tertiary/aromatic N) is 1. The van der Waals surface area contributed by atoms with Crippen LogP contribution in [-0.4, -0.2) is 24.4 Å². The summed E-state index contributed by atoms with van der Waals surface area (Å²) in [7, 11) is 1.81. The third-order valence-corrected chi connectivity index (χ3v) is 4.97. The van der Waals surface area contributed by atoms with E-state index < -0.39 is 5.54 Å². The monoisotopic (exact) mass is 366 g/mol. The van der Waals surface area contributed by atoms with E-state index in [4.69, 9.17) is 5.73 Å². The van der Waals surface area contributed by atoms with Crippen molar-refractivity contribution in [3.8, 4) is 0 Å². The minimum atomic E-state index is -1.01. The van der Waals surface area contributed by atoms with Gasteiger partial charge >= 0.3 is 0 Å². The minimum absolute atomic E-state index is 0.0682. The Morgan fingerprint density at radius 2 is 2.00 bits per heavy atom. The maximum Gasteiger partial charge on any atom is 0.246 e. The average molecular weight is 367 g/mol. The highest BCUT2D eigenvalue weighted by Gasteiger charge is 2.32. The number of benzene rings is 1. The van der Waals surface area contributed by atoms with Crippen LogP contribution in [0.25, 0.3) is 0 Å². The predicted molar refractivity (Wildman–Crippen MR) is 91.3 cm³/mol. The van der Waals surface area contributed by atoms with Crippen molar-refractivity contribution >= 4 is 33.2 Å². The first-order valence-electron chi connectivity index (χ1n) is 6.74. The quantitative estimate of drug-likeness (QED) is 0.881. The number of likely N-dealkylation sites (N-methyl/N-ethyl adjacent to an activating group) is 1. The molecular weight excluding hydrogens is 348 g/mol. The van der Waals surface area contributed by atoms with Crippen LogP contribution in [0, 0.1) is 0 Å². The lowest BCUT2D eigenvalue weighted by Gasteiger charge is -2.29. The molecular formula is C16H19BrN2OS. The van der Waals surface area contributed by atoms with Gasteiger partial charge in [-0.05, 0) is 42.5 Å². The van der Waals surface area contributed by atoms with E-state index >= 15 is 0 Å². The number of carbonyl (C=O) groups is 1. The maximum atomic E-state index is 12.6. The van der Waals surface area contributed by atoms with Gasteiger partial charge < -0.3 is 10.6 Å². The van der Waals surface area contributed by atoms with E-state index in [1.54, 1.807) is 30.2 Å². The number of halogens is 1. The summed E-state index contributed by atoms with van der Waals surface area (Å²) in [6.07, 6.45) is 0.857. The second kappa shape index (κ2) is 6.73. The summed E-state index contributed by atoms with van der Waals surface area (Å²) in [5, 5.41) is 2.05. The molecule has 1 unspecified atom stereocenters. The molecule has 2 aromatic rings. The van der Waals surface area contributed by atoms with Gasteiger partial charge in [-0.1, -0.05) is 34.1 Å².